The Morgan fingerprint density at radius 1 is 1.17 bits per heavy atom. The summed E-state index contributed by atoms with van der Waals surface area (Å²) < 4.78 is 13.8. The molecule has 0 bridgehead atoms. The van der Waals surface area contributed by atoms with E-state index in [1.165, 1.54) is 6.07 Å². The Bertz CT molecular complexity index is 699. The van der Waals surface area contributed by atoms with Crippen molar-refractivity contribution in [1.82, 2.24) is 14.9 Å². The van der Waals surface area contributed by atoms with E-state index in [0.29, 0.717) is 24.5 Å². The summed E-state index contributed by atoms with van der Waals surface area (Å²) in [7, 11) is 0. The number of benzene rings is 1. The molecule has 5 nitrogen and oxygen atoms in total. The third-order valence-corrected chi connectivity index (χ3v) is 3.47. The fourth-order valence-corrected chi connectivity index (χ4v) is 2.43. The Labute approximate surface area is 141 Å². The first-order chi connectivity index (χ1) is 11.5. The fourth-order valence-electron chi connectivity index (χ4n) is 2.43. The molecule has 0 radical (unpaired) electrons. The van der Waals surface area contributed by atoms with Crippen molar-refractivity contribution in [3.05, 3.63) is 47.5 Å². The molecule has 0 aliphatic heterocycles. The normalized spacial score (nSPS) is 10.5. The van der Waals surface area contributed by atoms with E-state index in [4.69, 9.17) is 0 Å². The van der Waals surface area contributed by atoms with Gasteiger partial charge in [-0.1, -0.05) is 26.0 Å². The summed E-state index contributed by atoms with van der Waals surface area (Å²) in [6.45, 7) is 7.23. The van der Waals surface area contributed by atoms with E-state index in [2.05, 4.69) is 15.3 Å². The summed E-state index contributed by atoms with van der Waals surface area (Å²) in [5.74, 6) is -0.300. The highest BCUT2D eigenvalue weighted by molar-refractivity contribution is 5.92. The van der Waals surface area contributed by atoms with Crippen molar-refractivity contribution in [1.29, 1.82) is 0 Å². The lowest BCUT2D eigenvalue weighted by Crippen LogP contribution is -2.33. The summed E-state index contributed by atoms with van der Waals surface area (Å²) in [6.07, 6.45) is 1.77. The molecule has 1 aromatic heterocycles. The highest BCUT2D eigenvalue weighted by atomic mass is 19.1. The second-order valence-corrected chi connectivity index (χ2v) is 5.62. The maximum Gasteiger partial charge on any atom is 0.272 e. The van der Waals surface area contributed by atoms with Crippen molar-refractivity contribution in [2.45, 2.75) is 33.6 Å². The molecule has 128 valence electrons. The van der Waals surface area contributed by atoms with Crippen molar-refractivity contribution in [2.24, 2.45) is 0 Å². The van der Waals surface area contributed by atoms with Crippen LogP contribution in [0.4, 0.5) is 16.0 Å². The summed E-state index contributed by atoms with van der Waals surface area (Å²) in [5.41, 5.74) is 1.25. The lowest BCUT2D eigenvalue weighted by atomic mass is 10.2. The van der Waals surface area contributed by atoms with Gasteiger partial charge in [0.25, 0.3) is 5.91 Å². The van der Waals surface area contributed by atoms with Gasteiger partial charge in [-0.15, -0.1) is 0 Å². The highest BCUT2D eigenvalue weighted by Gasteiger charge is 2.17. The zero-order chi connectivity index (χ0) is 17.5. The molecule has 1 heterocycles. The Balaban J connectivity index is 2.27. The van der Waals surface area contributed by atoms with Gasteiger partial charge in [-0.25, -0.2) is 14.4 Å². The van der Waals surface area contributed by atoms with E-state index < -0.39 is 5.82 Å². The number of aryl methyl sites for hydroxylation is 1. The Morgan fingerprint density at radius 2 is 1.83 bits per heavy atom. The minimum atomic E-state index is -0.394. The lowest BCUT2D eigenvalue weighted by Gasteiger charge is -2.21. The van der Waals surface area contributed by atoms with Crippen LogP contribution in [0.25, 0.3) is 0 Å². The largest absolute Gasteiger partial charge is 0.337 e. The highest BCUT2D eigenvalue weighted by Crippen LogP contribution is 2.18. The Morgan fingerprint density at radius 3 is 2.46 bits per heavy atom. The summed E-state index contributed by atoms with van der Waals surface area (Å²) >= 11 is 0. The fraction of sp³-hybridized carbons (Fsp3) is 0.389. The van der Waals surface area contributed by atoms with E-state index in [0.717, 1.165) is 12.8 Å². The first-order valence-corrected chi connectivity index (χ1v) is 8.21. The lowest BCUT2D eigenvalue weighted by molar-refractivity contribution is 0.0749. The molecule has 0 fully saturated rings. The van der Waals surface area contributed by atoms with Gasteiger partial charge >= 0.3 is 0 Å². The average Bonchev–Trinajstić information content (AvgIpc) is 2.55. The van der Waals surface area contributed by atoms with E-state index in [1.54, 1.807) is 36.1 Å². The van der Waals surface area contributed by atoms with Crippen molar-refractivity contribution < 1.29 is 9.18 Å². The van der Waals surface area contributed by atoms with Crippen LogP contribution in [0.5, 0.6) is 0 Å². The molecule has 0 spiro atoms. The smallest absolute Gasteiger partial charge is 0.272 e. The van der Waals surface area contributed by atoms with Crippen molar-refractivity contribution in [3.8, 4) is 0 Å². The van der Waals surface area contributed by atoms with Crippen LogP contribution in [-0.2, 0) is 0 Å². The number of nitrogens with zero attached hydrogens (tertiary/aromatic N) is 3. The van der Waals surface area contributed by atoms with E-state index >= 15 is 0 Å². The van der Waals surface area contributed by atoms with E-state index in [9.17, 15) is 9.18 Å². The summed E-state index contributed by atoms with van der Waals surface area (Å²) in [5, 5.41) is 2.84. The standard InChI is InChI=1S/C18H23FN4O/c1-4-10-23(11-5-2)17(24)16-12-13(3)20-18(22-16)21-15-9-7-6-8-14(15)19/h6-9,12H,4-5,10-11H2,1-3H3,(H,20,21,22). The molecule has 1 N–H and O–H groups in total. The van der Waals surface area contributed by atoms with Crippen LogP contribution in [0.1, 0.15) is 42.9 Å². The number of aromatic nitrogens is 2. The molecule has 1 aromatic carbocycles. The first-order valence-electron chi connectivity index (χ1n) is 8.21. The van der Waals surface area contributed by atoms with Gasteiger partial charge in [0.05, 0.1) is 5.69 Å². The molecule has 0 aliphatic rings. The number of anilines is 2. The van der Waals surface area contributed by atoms with Crippen LogP contribution in [0.2, 0.25) is 0 Å². The van der Waals surface area contributed by atoms with Crippen LogP contribution in [-0.4, -0.2) is 33.9 Å². The minimum absolute atomic E-state index is 0.124. The van der Waals surface area contributed by atoms with Gasteiger partial charge in [0.15, 0.2) is 0 Å². The van der Waals surface area contributed by atoms with Crippen molar-refractivity contribution in [2.75, 3.05) is 18.4 Å². The number of halogens is 1. The van der Waals surface area contributed by atoms with Crippen LogP contribution in [0.3, 0.4) is 0 Å². The van der Waals surface area contributed by atoms with Crippen molar-refractivity contribution >= 4 is 17.5 Å². The molecule has 0 saturated heterocycles. The Hall–Kier alpha value is -2.50. The molecule has 24 heavy (non-hydrogen) atoms. The molecular weight excluding hydrogens is 307 g/mol. The van der Waals surface area contributed by atoms with E-state index in [1.807, 2.05) is 13.8 Å². The SMILES string of the molecule is CCCN(CCC)C(=O)c1cc(C)nc(Nc2ccccc2F)n1. The number of hydrogen-bond acceptors (Lipinski definition) is 4. The van der Waals surface area contributed by atoms with Crippen LogP contribution >= 0.6 is 0 Å². The van der Waals surface area contributed by atoms with Gasteiger partial charge in [0, 0.05) is 18.8 Å². The number of rotatable bonds is 7. The second kappa shape index (κ2) is 8.38. The first kappa shape index (κ1) is 17.8. The predicted octanol–water partition coefficient (Wildman–Crippen LogP) is 3.93. The average molecular weight is 330 g/mol. The minimum Gasteiger partial charge on any atom is -0.337 e. The number of hydrogen-bond donors (Lipinski definition) is 1. The maximum absolute atomic E-state index is 13.8. The van der Waals surface area contributed by atoms with E-state index in [-0.39, 0.29) is 17.5 Å². The van der Waals surface area contributed by atoms with Crippen LogP contribution < -0.4 is 5.32 Å². The van der Waals surface area contributed by atoms with Gasteiger partial charge < -0.3 is 10.2 Å². The summed E-state index contributed by atoms with van der Waals surface area (Å²) in [4.78, 5) is 23.0. The molecular formula is C18H23FN4O. The predicted molar refractivity (Wildman–Crippen MR) is 92.9 cm³/mol. The van der Waals surface area contributed by atoms with Crippen LogP contribution in [0.15, 0.2) is 30.3 Å². The maximum atomic E-state index is 13.8. The zero-order valence-electron chi connectivity index (χ0n) is 14.3. The molecule has 0 saturated carbocycles. The topological polar surface area (TPSA) is 58.1 Å². The number of carbonyl (C=O) groups is 1. The van der Waals surface area contributed by atoms with Gasteiger partial charge in [-0.2, -0.15) is 0 Å². The molecule has 2 aromatic rings. The third-order valence-electron chi connectivity index (χ3n) is 3.47. The van der Waals surface area contributed by atoms with Gasteiger partial charge in [0.2, 0.25) is 5.95 Å². The molecule has 1 amide bonds. The molecule has 0 unspecified atom stereocenters. The number of para-hydroxylation sites is 1. The second-order valence-electron chi connectivity index (χ2n) is 5.62. The Kier molecular flexibility index (Phi) is 6.23. The number of nitrogens with one attached hydrogen (secondary N) is 1. The molecule has 6 heteroatoms. The monoisotopic (exact) mass is 330 g/mol. The zero-order valence-corrected chi connectivity index (χ0v) is 14.3. The number of carbonyl (C=O) groups excluding carboxylic acids is 1. The quantitative estimate of drug-likeness (QED) is 0.835. The number of amides is 1. The third kappa shape index (κ3) is 4.50. The molecule has 0 atom stereocenters. The van der Waals surface area contributed by atoms with Crippen molar-refractivity contribution in [3.63, 3.8) is 0 Å². The molecule has 0 aliphatic carbocycles. The van der Waals surface area contributed by atoms with Gasteiger partial charge in [0.1, 0.15) is 11.5 Å². The van der Waals surface area contributed by atoms with Gasteiger partial charge in [-0.3, -0.25) is 4.79 Å². The van der Waals surface area contributed by atoms with Gasteiger partial charge in [-0.05, 0) is 38.0 Å². The summed E-state index contributed by atoms with van der Waals surface area (Å²) in [6, 6.07) is 7.95. The van der Waals surface area contributed by atoms with Crippen LogP contribution in [0, 0.1) is 12.7 Å². The molecule has 2 rings (SSSR count).